The van der Waals surface area contributed by atoms with Gasteiger partial charge < -0.3 is 25.0 Å². The molecule has 0 bridgehead atoms. The van der Waals surface area contributed by atoms with E-state index in [2.05, 4.69) is 15.0 Å². The molecule has 0 radical (unpaired) electrons. The fraction of sp³-hybridized carbons (Fsp3) is 0.278. The molecular weight excluding hydrogens is 352 g/mol. The van der Waals surface area contributed by atoms with E-state index in [1.165, 1.54) is 10.9 Å². The molecule has 0 aliphatic carbocycles. The van der Waals surface area contributed by atoms with Crippen molar-refractivity contribution >= 4 is 23.3 Å². The summed E-state index contributed by atoms with van der Waals surface area (Å²) in [6, 6.07) is 9.53. The van der Waals surface area contributed by atoms with Gasteiger partial charge in [-0.05, 0) is 11.6 Å². The number of H-pyrrole nitrogens is 1. The van der Waals surface area contributed by atoms with Crippen molar-refractivity contribution in [2.45, 2.75) is 24.5 Å². The SMILES string of the molecule is O=c1[nH]c(/C=C/c2ccccc2)nc2c1ncn2[C@@H]1O[C@H](CO)[C@@H](O)[C@H]1O. The minimum Gasteiger partial charge on any atom is -0.394 e. The van der Waals surface area contributed by atoms with Gasteiger partial charge in [0.05, 0.1) is 12.9 Å². The van der Waals surface area contributed by atoms with Crippen LogP contribution < -0.4 is 5.56 Å². The fourth-order valence-corrected chi connectivity index (χ4v) is 3.06. The van der Waals surface area contributed by atoms with Gasteiger partial charge in [-0.25, -0.2) is 9.97 Å². The molecule has 1 saturated heterocycles. The number of benzene rings is 1. The smallest absolute Gasteiger partial charge is 0.279 e. The first-order chi connectivity index (χ1) is 13.1. The highest BCUT2D eigenvalue weighted by atomic mass is 16.6. The molecule has 1 fully saturated rings. The Morgan fingerprint density at radius 2 is 1.96 bits per heavy atom. The average molecular weight is 370 g/mol. The van der Waals surface area contributed by atoms with Gasteiger partial charge in [-0.1, -0.05) is 36.4 Å². The number of hydrogen-bond acceptors (Lipinski definition) is 7. The fourth-order valence-electron chi connectivity index (χ4n) is 3.06. The number of ether oxygens (including phenoxy) is 1. The van der Waals surface area contributed by atoms with E-state index in [0.717, 1.165) is 5.56 Å². The number of nitrogens with one attached hydrogen (secondary N) is 1. The highest BCUT2D eigenvalue weighted by molar-refractivity contribution is 5.73. The first-order valence-electron chi connectivity index (χ1n) is 8.41. The minimum absolute atomic E-state index is 0.0876. The summed E-state index contributed by atoms with van der Waals surface area (Å²) in [4.78, 5) is 23.4. The Morgan fingerprint density at radius 1 is 1.19 bits per heavy atom. The Labute approximate surface area is 153 Å². The van der Waals surface area contributed by atoms with Crippen LogP contribution >= 0.6 is 0 Å². The lowest BCUT2D eigenvalue weighted by molar-refractivity contribution is -0.0511. The maximum absolute atomic E-state index is 12.3. The predicted molar refractivity (Wildman–Crippen MR) is 96.5 cm³/mol. The van der Waals surface area contributed by atoms with E-state index in [-0.39, 0.29) is 11.2 Å². The van der Waals surface area contributed by atoms with Gasteiger partial charge in [0.1, 0.15) is 24.1 Å². The molecule has 3 heterocycles. The number of aliphatic hydroxyl groups is 3. The van der Waals surface area contributed by atoms with Crippen molar-refractivity contribution in [2.24, 2.45) is 0 Å². The van der Waals surface area contributed by atoms with E-state index in [9.17, 15) is 20.1 Å². The lowest BCUT2D eigenvalue weighted by Gasteiger charge is -2.16. The minimum atomic E-state index is -1.29. The maximum Gasteiger partial charge on any atom is 0.279 e. The largest absolute Gasteiger partial charge is 0.394 e. The Bertz CT molecular complexity index is 1030. The zero-order chi connectivity index (χ0) is 19.0. The van der Waals surface area contributed by atoms with Gasteiger partial charge >= 0.3 is 0 Å². The molecule has 9 nitrogen and oxygen atoms in total. The van der Waals surface area contributed by atoms with Crippen LogP contribution in [0, 0.1) is 0 Å². The van der Waals surface area contributed by atoms with Gasteiger partial charge in [-0.3, -0.25) is 9.36 Å². The monoisotopic (exact) mass is 370 g/mol. The van der Waals surface area contributed by atoms with Crippen molar-refractivity contribution in [3.05, 3.63) is 58.4 Å². The molecule has 0 saturated carbocycles. The van der Waals surface area contributed by atoms with Crippen LogP contribution in [0.3, 0.4) is 0 Å². The van der Waals surface area contributed by atoms with Crippen LogP contribution in [0.15, 0.2) is 41.5 Å². The summed E-state index contributed by atoms with van der Waals surface area (Å²) >= 11 is 0. The van der Waals surface area contributed by atoms with Crippen molar-refractivity contribution in [3.63, 3.8) is 0 Å². The van der Waals surface area contributed by atoms with E-state index < -0.39 is 36.7 Å². The van der Waals surface area contributed by atoms with Gasteiger partial charge in [-0.15, -0.1) is 0 Å². The van der Waals surface area contributed by atoms with Crippen molar-refractivity contribution < 1.29 is 20.1 Å². The number of hydrogen-bond donors (Lipinski definition) is 4. The Kier molecular flexibility index (Phi) is 4.58. The van der Waals surface area contributed by atoms with Crippen LogP contribution in [-0.4, -0.2) is 59.8 Å². The molecule has 4 N–H and O–H groups in total. The lowest BCUT2D eigenvalue weighted by atomic mass is 10.1. The summed E-state index contributed by atoms with van der Waals surface area (Å²) in [5.74, 6) is 0.310. The maximum atomic E-state index is 12.3. The third-order valence-corrected chi connectivity index (χ3v) is 4.48. The van der Waals surface area contributed by atoms with Crippen LogP contribution in [0.4, 0.5) is 0 Å². The molecule has 0 amide bonds. The highest BCUT2D eigenvalue weighted by Crippen LogP contribution is 2.30. The molecule has 1 aliphatic rings. The summed E-state index contributed by atoms with van der Waals surface area (Å²) in [6.07, 6.45) is 0.296. The van der Waals surface area contributed by atoms with Crippen LogP contribution in [-0.2, 0) is 4.74 Å². The second-order valence-corrected chi connectivity index (χ2v) is 6.25. The van der Waals surface area contributed by atoms with Gasteiger partial charge in [0.15, 0.2) is 17.4 Å². The van der Waals surface area contributed by atoms with Gasteiger partial charge in [-0.2, -0.15) is 0 Å². The lowest BCUT2D eigenvalue weighted by Crippen LogP contribution is -2.33. The standard InChI is InChI=1S/C18H18N4O5/c23-8-11-14(24)15(25)18(27-11)22-9-19-13-16(22)20-12(21-17(13)26)7-6-10-4-2-1-3-5-10/h1-7,9,11,14-15,18,23-25H,8H2,(H,20,21,26)/b7-6+/t11-,14-,15-,18-/m1/s1. The molecule has 3 aromatic rings. The number of rotatable bonds is 4. The molecule has 140 valence electrons. The molecule has 0 unspecified atom stereocenters. The van der Waals surface area contributed by atoms with Crippen LogP contribution in [0.1, 0.15) is 17.6 Å². The Morgan fingerprint density at radius 3 is 2.67 bits per heavy atom. The third-order valence-electron chi connectivity index (χ3n) is 4.48. The normalized spacial score (nSPS) is 25.6. The van der Waals surface area contributed by atoms with E-state index in [1.54, 1.807) is 12.2 Å². The van der Waals surface area contributed by atoms with Crippen molar-refractivity contribution in [3.8, 4) is 0 Å². The van der Waals surface area contributed by atoms with Crippen LogP contribution in [0.25, 0.3) is 23.3 Å². The van der Waals surface area contributed by atoms with Gasteiger partial charge in [0, 0.05) is 0 Å². The van der Waals surface area contributed by atoms with E-state index >= 15 is 0 Å². The Hall–Kier alpha value is -2.85. The van der Waals surface area contributed by atoms with E-state index in [1.807, 2.05) is 30.3 Å². The molecule has 2 aromatic heterocycles. The van der Waals surface area contributed by atoms with Crippen molar-refractivity contribution in [1.29, 1.82) is 0 Å². The predicted octanol–water partition coefficient (Wildman–Crippen LogP) is -0.0985. The van der Waals surface area contributed by atoms with Gasteiger partial charge in [0.25, 0.3) is 5.56 Å². The van der Waals surface area contributed by atoms with Crippen LogP contribution in [0.5, 0.6) is 0 Å². The topological polar surface area (TPSA) is 133 Å². The van der Waals surface area contributed by atoms with E-state index in [4.69, 9.17) is 4.74 Å². The van der Waals surface area contributed by atoms with Gasteiger partial charge in [0.2, 0.25) is 0 Å². The van der Waals surface area contributed by atoms with Crippen molar-refractivity contribution in [2.75, 3.05) is 6.61 Å². The average Bonchev–Trinajstić information content (AvgIpc) is 3.23. The molecule has 4 rings (SSSR count). The zero-order valence-electron chi connectivity index (χ0n) is 14.1. The molecule has 0 spiro atoms. The number of aromatic amines is 1. The summed E-state index contributed by atoms with van der Waals surface area (Å²) in [5.41, 5.74) is 0.807. The summed E-state index contributed by atoms with van der Waals surface area (Å²) in [5, 5.41) is 29.4. The molecule has 4 atom stereocenters. The summed E-state index contributed by atoms with van der Waals surface area (Å²) in [6.45, 7) is -0.444. The second kappa shape index (κ2) is 7.05. The number of fused-ring (bicyclic) bond motifs is 1. The third kappa shape index (κ3) is 3.17. The first-order valence-corrected chi connectivity index (χ1v) is 8.41. The Balaban J connectivity index is 1.73. The zero-order valence-corrected chi connectivity index (χ0v) is 14.1. The molecule has 9 heteroatoms. The summed E-state index contributed by atoms with van der Waals surface area (Å²) < 4.78 is 6.88. The first kappa shape index (κ1) is 17.6. The number of aliphatic hydroxyl groups excluding tert-OH is 3. The highest BCUT2D eigenvalue weighted by Gasteiger charge is 2.44. The summed E-state index contributed by atoms with van der Waals surface area (Å²) in [7, 11) is 0. The molecule has 1 aliphatic heterocycles. The molecule has 27 heavy (non-hydrogen) atoms. The number of nitrogens with zero attached hydrogens (tertiary/aromatic N) is 3. The van der Waals surface area contributed by atoms with E-state index in [0.29, 0.717) is 5.82 Å². The van der Waals surface area contributed by atoms with Crippen LogP contribution in [0.2, 0.25) is 0 Å². The molecular formula is C18H18N4O5. The number of aromatic nitrogens is 4. The second-order valence-electron chi connectivity index (χ2n) is 6.25. The molecule has 1 aromatic carbocycles. The van der Waals surface area contributed by atoms with Crippen molar-refractivity contribution in [1.82, 2.24) is 19.5 Å². The number of imidazole rings is 1. The quantitative estimate of drug-likeness (QED) is 0.504.